The van der Waals surface area contributed by atoms with E-state index in [-0.39, 0.29) is 7.92 Å². The molecule has 18 heavy (non-hydrogen) atoms. The van der Waals surface area contributed by atoms with Gasteiger partial charge in [-0.3, -0.25) is 0 Å². The monoisotopic (exact) mass is 262 g/mol. The van der Waals surface area contributed by atoms with E-state index in [1.807, 2.05) is 0 Å². The molecule has 0 aromatic heterocycles. The van der Waals surface area contributed by atoms with Crippen LogP contribution in [0.5, 0.6) is 0 Å². The maximum Gasteiger partial charge on any atom is -0.0169 e. The first kappa shape index (κ1) is 14.1. The van der Waals surface area contributed by atoms with Crippen LogP contribution in [0.15, 0.2) is 12.1 Å². The van der Waals surface area contributed by atoms with Crippen molar-refractivity contribution in [3.63, 3.8) is 0 Å². The Hall–Kier alpha value is -0.350. The Kier molecular flexibility index (Phi) is 4.49. The van der Waals surface area contributed by atoms with Crippen LogP contribution in [0.2, 0.25) is 0 Å². The second-order valence-electron chi connectivity index (χ2n) is 5.76. The quantitative estimate of drug-likeness (QED) is 0.667. The van der Waals surface area contributed by atoms with Gasteiger partial charge in [0.2, 0.25) is 0 Å². The van der Waals surface area contributed by atoms with Gasteiger partial charge < -0.3 is 0 Å². The second-order valence-corrected chi connectivity index (χ2v) is 8.52. The fraction of sp³-hybridized carbons (Fsp3) is 0.647. The van der Waals surface area contributed by atoms with Crippen molar-refractivity contribution >= 4 is 13.2 Å². The van der Waals surface area contributed by atoms with Crippen molar-refractivity contribution in [1.29, 1.82) is 0 Å². The third-order valence-corrected chi connectivity index (χ3v) is 8.73. The molecule has 0 N–H and O–H groups in total. The van der Waals surface area contributed by atoms with E-state index in [9.17, 15) is 0 Å². The molecule has 0 spiro atoms. The normalized spacial score (nSPS) is 27.7. The van der Waals surface area contributed by atoms with Crippen LogP contribution >= 0.6 is 7.92 Å². The smallest absolute Gasteiger partial charge is 0.0169 e. The maximum absolute atomic E-state index is 2.44. The Balaban J connectivity index is 2.42. The Morgan fingerprint density at radius 3 is 2.00 bits per heavy atom. The minimum Gasteiger partial charge on any atom is -0.0687 e. The van der Waals surface area contributed by atoms with Gasteiger partial charge in [-0.2, -0.15) is 0 Å². The molecule has 1 aliphatic rings. The highest BCUT2D eigenvalue weighted by Crippen LogP contribution is 2.57. The zero-order valence-corrected chi connectivity index (χ0v) is 13.5. The molecule has 1 aliphatic heterocycles. The average molecular weight is 262 g/mol. The van der Waals surface area contributed by atoms with Gasteiger partial charge in [0.15, 0.2) is 0 Å². The number of rotatable bonds is 3. The summed E-state index contributed by atoms with van der Waals surface area (Å²) in [7, 11) is 0.0833. The van der Waals surface area contributed by atoms with Gasteiger partial charge in [0.25, 0.3) is 0 Å². The summed E-state index contributed by atoms with van der Waals surface area (Å²) in [4.78, 5) is 0. The summed E-state index contributed by atoms with van der Waals surface area (Å²) in [6.07, 6.45) is 5.67. The van der Waals surface area contributed by atoms with E-state index in [4.69, 9.17) is 0 Å². The summed E-state index contributed by atoms with van der Waals surface area (Å²) in [6, 6.07) is 4.79. The molecular formula is C17H27P. The lowest BCUT2D eigenvalue weighted by molar-refractivity contribution is 0.696. The van der Waals surface area contributed by atoms with Crippen LogP contribution < -0.4 is 5.30 Å². The molecule has 2 rings (SSSR count). The zero-order chi connectivity index (χ0) is 13.3. The average Bonchev–Trinajstić information content (AvgIpc) is 2.79. The third kappa shape index (κ3) is 2.37. The molecule has 1 saturated heterocycles. The Labute approximate surface area is 114 Å². The van der Waals surface area contributed by atoms with Gasteiger partial charge in [-0.25, -0.2) is 0 Å². The lowest BCUT2D eigenvalue weighted by atomic mass is 10.1. The Morgan fingerprint density at radius 1 is 0.944 bits per heavy atom. The van der Waals surface area contributed by atoms with E-state index in [1.165, 1.54) is 36.8 Å². The summed E-state index contributed by atoms with van der Waals surface area (Å²) in [5.41, 5.74) is 6.51. The van der Waals surface area contributed by atoms with Crippen LogP contribution in [0, 0.1) is 20.8 Å². The van der Waals surface area contributed by atoms with Crippen LogP contribution in [-0.4, -0.2) is 11.3 Å². The minimum absolute atomic E-state index is 0.0833. The van der Waals surface area contributed by atoms with Gasteiger partial charge in [0.05, 0.1) is 0 Å². The summed E-state index contributed by atoms with van der Waals surface area (Å²) < 4.78 is 0. The summed E-state index contributed by atoms with van der Waals surface area (Å²) in [5.74, 6) is 0. The van der Waals surface area contributed by atoms with Crippen LogP contribution in [0.25, 0.3) is 0 Å². The largest absolute Gasteiger partial charge is 0.0687 e. The molecule has 0 nitrogen and oxygen atoms in total. The molecule has 100 valence electrons. The SMILES string of the molecule is CCC1CCC(CC)P1c1ccc(C)c(C)c1C. The first-order valence-corrected chi connectivity index (χ1v) is 8.93. The predicted octanol–water partition coefficient (Wildman–Crippen LogP) is 5.07. The van der Waals surface area contributed by atoms with Crippen LogP contribution in [0.4, 0.5) is 0 Å². The zero-order valence-electron chi connectivity index (χ0n) is 12.6. The lowest BCUT2D eigenvalue weighted by Gasteiger charge is -2.27. The molecule has 0 amide bonds. The van der Waals surface area contributed by atoms with E-state index < -0.39 is 0 Å². The fourth-order valence-corrected chi connectivity index (χ4v) is 7.20. The molecule has 1 fully saturated rings. The first-order valence-electron chi connectivity index (χ1n) is 7.45. The van der Waals surface area contributed by atoms with Crippen molar-refractivity contribution in [2.75, 3.05) is 0 Å². The number of hydrogen-bond acceptors (Lipinski definition) is 0. The van der Waals surface area contributed by atoms with Gasteiger partial charge in [-0.1, -0.05) is 33.9 Å². The van der Waals surface area contributed by atoms with Crippen molar-refractivity contribution in [1.82, 2.24) is 0 Å². The fourth-order valence-electron chi connectivity index (χ4n) is 3.38. The van der Waals surface area contributed by atoms with E-state index in [0.717, 1.165) is 11.3 Å². The number of benzene rings is 1. The van der Waals surface area contributed by atoms with Crippen LogP contribution in [0.3, 0.4) is 0 Å². The molecule has 2 atom stereocenters. The predicted molar refractivity (Wildman–Crippen MR) is 84.6 cm³/mol. The van der Waals surface area contributed by atoms with Crippen molar-refractivity contribution in [3.8, 4) is 0 Å². The van der Waals surface area contributed by atoms with E-state index in [2.05, 4.69) is 46.8 Å². The van der Waals surface area contributed by atoms with E-state index >= 15 is 0 Å². The Morgan fingerprint density at radius 2 is 1.50 bits per heavy atom. The molecule has 1 heterocycles. The van der Waals surface area contributed by atoms with Gasteiger partial charge in [-0.05, 0) is 79.8 Å². The topological polar surface area (TPSA) is 0 Å². The van der Waals surface area contributed by atoms with Crippen molar-refractivity contribution in [2.24, 2.45) is 0 Å². The molecule has 0 saturated carbocycles. The van der Waals surface area contributed by atoms with Crippen LogP contribution in [0.1, 0.15) is 56.2 Å². The molecule has 1 heteroatoms. The summed E-state index contributed by atoms with van der Waals surface area (Å²) in [5, 5.41) is 1.71. The standard InChI is InChI=1S/C17H27P/c1-6-15-9-10-16(7-2)18(15)17-11-8-12(3)13(4)14(17)5/h8,11,15-16H,6-7,9-10H2,1-5H3. The van der Waals surface area contributed by atoms with Crippen LogP contribution in [-0.2, 0) is 0 Å². The molecule has 0 bridgehead atoms. The second kappa shape index (κ2) is 5.74. The number of aryl methyl sites for hydroxylation is 1. The first-order chi connectivity index (χ1) is 8.60. The lowest BCUT2D eigenvalue weighted by Crippen LogP contribution is -2.17. The highest BCUT2D eigenvalue weighted by molar-refractivity contribution is 7.67. The van der Waals surface area contributed by atoms with Crippen molar-refractivity contribution in [2.45, 2.75) is 71.6 Å². The highest BCUT2D eigenvalue weighted by Gasteiger charge is 2.35. The van der Waals surface area contributed by atoms with Crippen molar-refractivity contribution in [3.05, 3.63) is 28.8 Å². The third-order valence-electron chi connectivity index (χ3n) is 4.87. The molecule has 2 unspecified atom stereocenters. The van der Waals surface area contributed by atoms with E-state index in [0.29, 0.717) is 0 Å². The summed E-state index contributed by atoms with van der Waals surface area (Å²) >= 11 is 0. The number of hydrogen-bond donors (Lipinski definition) is 0. The molecule has 0 radical (unpaired) electrons. The van der Waals surface area contributed by atoms with Gasteiger partial charge in [0, 0.05) is 0 Å². The maximum atomic E-state index is 2.44. The Bertz CT molecular complexity index is 410. The van der Waals surface area contributed by atoms with Crippen molar-refractivity contribution < 1.29 is 0 Å². The van der Waals surface area contributed by atoms with E-state index in [1.54, 1.807) is 10.9 Å². The van der Waals surface area contributed by atoms with Gasteiger partial charge in [-0.15, -0.1) is 0 Å². The molecule has 1 aromatic rings. The molecule has 0 aliphatic carbocycles. The minimum atomic E-state index is 0.0833. The van der Waals surface area contributed by atoms with Gasteiger partial charge >= 0.3 is 0 Å². The summed E-state index contributed by atoms with van der Waals surface area (Å²) in [6.45, 7) is 11.6. The van der Waals surface area contributed by atoms with Gasteiger partial charge in [0.1, 0.15) is 0 Å². The molecule has 1 aromatic carbocycles. The molecular weight excluding hydrogens is 235 g/mol. The highest BCUT2D eigenvalue weighted by atomic mass is 31.1.